The molecule has 1 saturated heterocycles. The van der Waals surface area contributed by atoms with Crippen LogP contribution < -0.4 is 15.4 Å². The Balaban J connectivity index is 1.28. The van der Waals surface area contributed by atoms with E-state index in [2.05, 4.69) is 15.6 Å². The molecule has 1 aliphatic heterocycles. The first-order valence-corrected chi connectivity index (χ1v) is 11.5. The summed E-state index contributed by atoms with van der Waals surface area (Å²) >= 11 is 0. The number of nitrogens with one attached hydrogen (secondary N) is 2. The van der Waals surface area contributed by atoms with Crippen LogP contribution in [0, 0.1) is 12.8 Å². The van der Waals surface area contributed by atoms with Crippen molar-refractivity contribution in [3.05, 3.63) is 53.9 Å². The Labute approximate surface area is 190 Å². The lowest BCUT2D eigenvalue weighted by molar-refractivity contribution is 0.0782. The zero-order chi connectivity index (χ0) is 22.8. The molecule has 2 N–H and O–H groups in total. The number of hydrogen-bond donors (Lipinski definition) is 2. The van der Waals surface area contributed by atoms with Crippen LogP contribution in [-0.4, -0.2) is 48.6 Å². The number of pyridine rings is 1. The number of rotatable bonds is 10. The van der Waals surface area contributed by atoms with Gasteiger partial charge < -0.3 is 20.3 Å². The van der Waals surface area contributed by atoms with Crippen molar-refractivity contribution in [3.63, 3.8) is 0 Å². The Morgan fingerprint density at radius 2 is 1.91 bits per heavy atom. The molecule has 1 atom stereocenters. The number of aromatic nitrogens is 1. The van der Waals surface area contributed by atoms with Crippen LogP contribution in [0.1, 0.15) is 54.4 Å². The SMILES string of the molecule is COc1cccc(C)c1C(=O)N1CCC(CCCCCCNC(=O)Nc2ccncc2)C1. The number of benzene rings is 1. The van der Waals surface area contributed by atoms with Crippen molar-refractivity contribution in [2.24, 2.45) is 5.92 Å². The van der Waals surface area contributed by atoms with Crippen LogP contribution in [0.15, 0.2) is 42.7 Å². The average molecular weight is 439 g/mol. The van der Waals surface area contributed by atoms with Gasteiger partial charge in [-0.2, -0.15) is 0 Å². The minimum absolute atomic E-state index is 0.0820. The lowest BCUT2D eigenvalue weighted by Crippen LogP contribution is -2.29. The average Bonchev–Trinajstić information content (AvgIpc) is 3.27. The first-order chi connectivity index (χ1) is 15.6. The third-order valence-corrected chi connectivity index (χ3v) is 6.00. The van der Waals surface area contributed by atoms with E-state index in [4.69, 9.17) is 4.74 Å². The fourth-order valence-electron chi connectivity index (χ4n) is 4.22. The van der Waals surface area contributed by atoms with Crippen molar-refractivity contribution in [1.29, 1.82) is 0 Å². The second-order valence-electron chi connectivity index (χ2n) is 8.38. The highest BCUT2D eigenvalue weighted by atomic mass is 16.5. The number of methoxy groups -OCH3 is 1. The van der Waals surface area contributed by atoms with Gasteiger partial charge in [0, 0.05) is 37.7 Å². The molecule has 3 amide bonds. The van der Waals surface area contributed by atoms with Crippen LogP contribution in [0.4, 0.5) is 10.5 Å². The number of unbranched alkanes of at least 4 members (excludes halogenated alkanes) is 3. The van der Waals surface area contributed by atoms with Gasteiger partial charge in [0.05, 0.1) is 12.7 Å². The van der Waals surface area contributed by atoms with Crippen LogP contribution in [0.3, 0.4) is 0 Å². The van der Waals surface area contributed by atoms with E-state index in [-0.39, 0.29) is 11.9 Å². The van der Waals surface area contributed by atoms with Gasteiger partial charge in [-0.15, -0.1) is 0 Å². The Hall–Kier alpha value is -3.09. The quantitative estimate of drug-likeness (QED) is 0.530. The maximum Gasteiger partial charge on any atom is 0.319 e. The fourth-order valence-corrected chi connectivity index (χ4v) is 4.22. The number of anilines is 1. The molecular formula is C25H34N4O3. The summed E-state index contributed by atoms with van der Waals surface area (Å²) in [5.74, 6) is 1.30. The van der Waals surface area contributed by atoms with Crippen LogP contribution in [0.5, 0.6) is 5.75 Å². The summed E-state index contributed by atoms with van der Waals surface area (Å²) in [4.78, 5) is 30.8. The van der Waals surface area contributed by atoms with Gasteiger partial charge in [-0.25, -0.2) is 4.79 Å². The zero-order valence-electron chi connectivity index (χ0n) is 19.1. The first kappa shape index (κ1) is 23.6. The topological polar surface area (TPSA) is 83.6 Å². The molecule has 1 unspecified atom stereocenters. The van der Waals surface area contributed by atoms with E-state index in [0.29, 0.717) is 23.8 Å². The Kier molecular flexibility index (Phi) is 8.90. The van der Waals surface area contributed by atoms with E-state index in [1.54, 1.807) is 31.6 Å². The number of carbonyl (C=O) groups is 2. The molecule has 0 saturated carbocycles. The molecule has 3 rings (SSSR count). The highest BCUT2D eigenvalue weighted by Crippen LogP contribution is 2.28. The molecule has 1 aromatic carbocycles. The molecule has 2 heterocycles. The molecule has 32 heavy (non-hydrogen) atoms. The number of amides is 3. The molecule has 0 spiro atoms. The minimum Gasteiger partial charge on any atom is -0.496 e. The highest BCUT2D eigenvalue weighted by molar-refractivity contribution is 5.98. The maximum absolute atomic E-state index is 13.0. The van der Waals surface area contributed by atoms with Crippen molar-refractivity contribution in [2.45, 2.75) is 45.4 Å². The number of likely N-dealkylation sites (tertiary alicyclic amines) is 1. The number of carbonyl (C=O) groups excluding carboxylic acids is 2. The third kappa shape index (κ3) is 6.70. The van der Waals surface area contributed by atoms with E-state index in [1.807, 2.05) is 30.0 Å². The van der Waals surface area contributed by atoms with Gasteiger partial charge in [0.25, 0.3) is 5.91 Å². The lowest BCUT2D eigenvalue weighted by atomic mass is 10.00. The van der Waals surface area contributed by atoms with Crippen LogP contribution in [-0.2, 0) is 0 Å². The summed E-state index contributed by atoms with van der Waals surface area (Å²) in [6.45, 7) is 4.27. The van der Waals surface area contributed by atoms with Crippen molar-refractivity contribution in [3.8, 4) is 5.75 Å². The summed E-state index contributed by atoms with van der Waals surface area (Å²) in [5.41, 5.74) is 2.39. The second-order valence-corrected chi connectivity index (χ2v) is 8.38. The minimum atomic E-state index is -0.183. The first-order valence-electron chi connectivity index (χ1n) is 11.5. The van der Waals surface area contributed by atoms with Gasteiger partial charge in [-0.3, -0.25) is 9.78 Å². The summed E-state index contributed by atoms with van der Waals surface area (Å²) in [6.07, 6.45) is 9.86. The van der Waals surface area contributed by atoms with Gasteiger partial charge in [0.2, 0.25) is 0 Å². The molecule has 2 aromatic rings. The van der Waals surface area contributed by atoms with Crippen molar-refractivity contribution in [1.82, 2.24) is 15.2 Å². The fraction of sp³-hybridized carbons (Fsp3) is 0.480. The Morgan fingerprint density at radius 3 is 2.69 bits per heavy atom. The van der Waals surface area contributed by atoms with Gasteiger partial charge in [-0.05, 0) is 55.9 Å². The smallest absolute Gasteiger partial charge is 0.319 e. The predicted molar refractivity (Wildman–Crippen MR) is 126 cm³/mol. The van der Waals surface area contributed by atoms with Crippen LogP contribution in [0.25, 0.3) is 0 Å². The van der Waals surface area contributed by atoms with Crippen molar-refractivity contribution >= 4 is 17.6 Å². The van der Waals surface area contributed by atoms with Gasteiger partial charge >= 0.3 is 6.03 Å². The summed E-state index contributed by atoms with van der Waals surface area (Å²) < 4.78 is 5.41. The Morgan fingerprint density at radius 1 is 1.12 bits per heavy atom. The van der Waals surface area contributed by atoms with E-state index >= 15 is 0 Å². The highest BCUT2D eigenvalue weighted by Gasteiger charge is 2.28. The third-order valence-electron chi connectivity index (χ3n) is 6.00. The molecule has 0 aliphatic carbocycles. The van der Waals surface area contributed by atoms with Gasteiger partial charge in [0.15, 0.2) is 0 Å². The normalized spacial score (nSPS) is 15.4. The van der Waals surface area contributed by atoms with E-state index in [9.17, 15) is 9.59 Å². The van der Waals surface area contributed by atoms with Gasteiger partial charge in [0.1, 0.15) is 5.75 Å². The monoisotopic (exact) mass is 438 g/mol. The van der Waals surface area contributed by atoms with E-state index < -0.39 is 0 Å². The summed E-state index contributed by atoms with van der Waals surface area (Å²) in [7, 11) is 1.61. The van der Waals surface area contributed by atoms with Crippen LogP contribution >= 0.6 is 0 Å². The Bertz CT molecular complexity index is 888. The van der Waals surface area contributed by atoms with Crippen molar-refractivity contribution in [2.75, 3.05) is 32.1 Å². The number of urea groups is 1. The maximum atomic E-state index is 13.0. The molecule has 1 fully saturated rings. The molecule has 7 heteroatoms. The molecule has 1 aliphatic rings. The van der Waals surface area contributed by atoms with Crippen LogP contribution in [0.2, 0.25) is 0 Å². The van der Waals surface area contributed by atoms with E-state index in [1.165, 1.54) is 0 Å². The molecule has 1 aromatic heterocycles. The summed E-state index contributed by atoms with van der Waals surface area (Å²) in [6, 6.07) is 9.06. The van der Waals surface area contributed by atoms with Gasteiger partial charge in [-0.1, -0.05) is 31.4 Å². The number of ether oxygens (including phenoxy) is 1. The summed E-state index contributed by atoms with van der Waals surface area (Å²) in [5, 5.41) is 5.67. The predicted octanol–water partition coefficient (Wildman–Crippen LogP) is 4.63. The molecule has 7 nitrogen and oxygen atoms in total. The largest absolute Gasteiger partial charge is 0.496 e. The molecule has 0 bridgehead atoms. The number of hydrogen-bond acceptors (Lipinski definition) is 4. The van der Waals surface area contributed by atoms with Crippen molar-refractivity contribution < 1.29 is 14.3 Å². The molecule has 172 valence electrons. The molecule has 0 radical (unpaired) electrons. The standard InChI is InChI=1S/C25H34N4O3/c1-19-8-7-10-22(32-2)23(19)24(30)29-17-13-20(18-29)9-5-3-4-6-14-27-25(31)28-21-11-15-26-16-12-21/h7-8,10-12,15-16,20H,3-6,9,13-14,17-18H2,1-2H3,(H2,26,27,28,31). The van der Waals surface area contributed by atoms with E-state index in [0.717, 1.165) is 62.9 Å². The number of nitrogens with zero attached hydrogens (tertiary/aromatic N) is 2. The lowest BCUT2D eigenvalue weighted by Gasteiger charge is -2.19. The second kappa shape index (κ2) is 12.1. The zero-order valence-corrected chi connectivity index (χ0v) is 19.1. The molecular weight excluding hydrogens is 404 g/mol. The number of aryl methyl sites for hydroxylation is 1.